The first kappa shape index (κ1) is 21.5. The molecule has 1 aromatic carbocycles. The van der Waals surface area contributed by atoms with Crippen LogP contribution in [0, 0.1) is 0 Å². The highest BCUT2D eigenvalue weighted by molar-refractivity contribution is 5.79. The maximum Gasteiger partial charge on any atom is 0.205 e. The van der Waals surface area contributed by atoms with Crippen molar-refractivity contribution in [1.82, 2.24) is 40.4 Å². The minimum absolute atomic E-state index is 0.539. The Hall–Kier alpha value is -3.75. The van der Waals surface area contributed by atoms with Gasteiger partial charge >= 0.3 is 0 Å². The fourth-order valence-electron chi connectivity index (χ4n) is 3.58. The smallest absolute Gasteiger partial charge is 0.205 e. The van der Waals surface area contributed by atoms with Gasteiger partial charge in [0.05, 0.1) is 6.54 Å². The number of tetrazole rings is 1. The van der Waals surface area contributed by atoms with E-state index in [2.05, 4.69) is 56.8 Å². The summed E-state index contributed by atoms with van der Waals surface area (Å²) in [7, 11) is 0. The lowest BCUT2D eigenvalue weighted by Crippen LogP contribution is -2.07. The summed E-state index contributed by atoms with van der Waals surface area (Å²) in [6.45, 7) is 2.83. The van der Waals surface area contributed by atoms with Crippen LogP contribution in [-0.2, 0) is 24.2 Å². The first-order chi connectivity index (χ1) is 15.8. The zero-order chi connectivity index (χ0) is 22.2. The monoisotopic (exact) mass is 430 g/mol. The summed E-state index contributed by atoms with van der Waals surface area (Å²) in [5, 5.41) is 19.1. The van der Waals surface area contributed by atoms with Gasteiger partial charge in [0.1, 0.15) is 12.1 Å². The Morgan fingerprint density at radius 3 is 2.69 bits per heavy atom. The van der Waals surface area contributed by atoms with Crippen LogP contribution in [0.2, 0.25) is 0 Å². The molecule has 0 atom stereocenters. The van der Waals surface area contributed by atoms with Crippen molar-refractivity contribution >= 4 is 6.29 Å². The molecule has 3 aromatic heterocycles. The van der Waals surface area contributed by atoms with Gasteiger partial charge in [-0.05, 0) is 35.2 Å². The van der Waals surface area contributed by atoms with Gasteiger partial charge in [0.2, 0.25) is 5.82 Å². The van der Waals surface area contributed by atoms with Crippen LogP contribution < -0.4 is 0 Å². The van der Waals surface area contributed by atoms with E-state index in [1.54, 1.807) is 6.20 Å². The molecule has 9 nitrogen and oxygen atoms in total. The first-order valence-electron chi connectivity index (χ1n) is 10.9. The summed E-state index contributed by atoms with van der Waals surface area (Å²) in [4.78, 5) is 19.6. The maximum absolute atomic E-state index is 10.6. The molecular weight excluding hydrogens is 404 g/mol. The van der Waals surface area contributed by atoms with Crippen LogP contribution in [-0.4, -0.2) is 46.7 Å². The van der Waals surface area contributed by atoms with Gasteiger partial charge in [-0.15, -0.1) is 10.2 Å². The second kappa shape index (κ2) is 10.5. The van der Waals surface area contributed by atoms with Gasteiger partial charge in [-0.25, -0.2) is 9.67 Å². The lowest BCUT2D eigenvalue weighted by molar-refractivity contribution is -0.107. The number of nitrogens with zero attached hydrogens (tertiary/aromatic N) is 7. The van der Waals surface area contributed by atoms with Crippen LogP contribution in [0.1, 0.15) is 49.8 Å². The standard InChI is InChI=1S/C23H26N8O/c1-2-3-7-22-25-21(6-4-5-14-32)28-31(22)16-17-8-10-18(11-9-17)20-15-24-13-12-19(20)23-26-29-30-27-23/h8-15H,2-7,16H2,1H3,(H,26,27,29,30). The number of benzene rings is 1. The van der Waals surface area contributed by atoms with Crippen molar-refractivity contribution < 1.29 is 4.79 Å². The lowest BCUT2D eigenvalue weighted by atomic mass is 10.0. The zero-order valence-corrected chi connectivity index (χ0v) is 18.1. The molecule has 164 valence electrons. The number of carbonyl (C=O) groups is 1. The fourth-order valence-corrected chi connectivity index (χ4v) is 3.58. The molecule has 1 N–H and O–H groups in total. The molecule has 0 spiro atoms. The SMILES string of the molecule is CCCCc1nc(CCCC=O)nn1Cc1ccc(-c2cnccc2-c2nn[nH]n2)cc1. The largest absolute Gasteiger partial charge is 0.303 e. The minimum Gasteiger partial charge on any atom is -0.303 e. The normalized spacial score (nSPS) is 11.0. The number of aryl methyl sites for hydroxylation is 2. The Kier molecular flexibility index (Phi) is 7.06. The van der Waals surface area contributed by atoms with Crippen molar-refractivity contribution in [2.45, 2.75) is 52.0 Å². The number of aromatic amines is 1. The third-order valence-corrected chi connectivity index (χ3v) is 5.27. The Balaban J connectivity index is 1.54. The van der Waals surface area contributed by atoms with E-state index in [1.807, 2.05) is 16.9 Å². The number of nitrogens with one attached hydrogen (secondary N) is 1. The third-order valence-electron chi connectivity index (χ3n) is 5.27. The number of unbranched alkanes of at least 4 members (excludes halogenated alkanes) is 2. The van der Waals surface area contributed by atoms with Gasteiger partial charge in [0.15, 0.2) is 5.82 Å². The summed E-state index contributed by atoms with van der Waals surface area (Å²) in [5.41, 5.74) is 3.99. The average molecular weight is 431 g/mol. The van der Waals surface area contributed by atoms with E-state index in [9.17, 15) is 4.79 Å². The highest BCUT2D eigenvalue weighted by atomic mass is 16.1. The first-order valence-corrected chi connectivity index (χ1v) is 10.9. The average Bonchev–Trinajstić information content (AvgIpc) is 3.49. The molecular formula is C23H26N8O. The van der Waals surface area contributed by atoms with Gasteiger partial charge in [0, 0.05) is 42.8 Å². The van der Waals surface area contributed by atoms with Gasteiger partial charge in [-0.3, -0.25) is 4.98 Å². The van der Waals surface area contributed by atoms with Gasteiger partial charge in [-0.1, -0.05) is 37.6 Å². The molecule has 32 heavy (non-hydrogen) atoms. The number of hydrogen-bond donors (Lipinski definition) is 1. The van der Waals surface area contributed by atoms with E-state index in [-0.39, 0.29) is 0 Å². The van der Waals surface area contributed by atoms with Crippen LogP contribution in [0.3, 0.4) is 0 Å². The molecule has 0 unspecified atom stereocenters. The number of carbonyl (C=O) groups excluding carboxylic acids is 1. The van der Waals surface area contributed by atoms with E-state index < -0.39 is 0 Å². The zero-order valence-electron chi connectivity index (χ0n) is 18.1. The van der Waals surface area contributed by atoms with Crippen molar-refractivity contribution in [3.63, 3.8) is 0 Å². The highest BCUT2D eigenvalue weighted by Crippen LogP contribution is 2.29. The molecule has 4 aromatic rings. The number of aldehydes is 1. The number of H-pyrrole nitrogens is 1. The molecule has 4 rings (SSSR count). The maximum atomic E-state index is 10.6. The molecule has 0 bridgehead atoms. The molecule has 0 amide bonds. The van der Waals surface area contributed by atoms with Gasteiger partial charge < -0.3 is 4.79 Å². The predicted octanol–water partition coefficient (Wildman–Crippen LogP) is 3.43. The van der Waals surface area contributed by atoms with Gasteiger partial charge in [-0.2, -0.15) is 10.3 Å². The number of aromatic nitrogens is 8. The van der Waals surface area contributed by atoms with E-state index in [0.29, 0.717) is 18.8 Å². The molecule has 0 aliphatic heterocycles. The second-order valence-corrected chi connectivity index (χ2v) is 7.62. The van der Waals surface area contributed by atoms with E-state index in [1.165, 1.54) is 0 Å². The Bertz CT molecular complexity index is 1140. The Morgan fingerprint density at radius 2 is 1.94 bits per heavy atom. The number of rotatable bonds is 11. The van der Waals surface area contributed by atoms with Crippen LogP contribution in [0.4, 0.5) is 0 Å². The Morgan fingerprint density at radius 1 is 1.06 bits per heavy atom. The molecule has 3 heterocycles. The quantitative estimate of drug-likeness (QED) is 0.286. The van der Waals surface area contributed by atoms with Crippen molar-refractivity contribution in [1.29, 1.82) is 0 Å². The van der Waals surface area contributed by atoms with Crippen LogP contribution in [0.5, 0.6) is 0 Å². The summed E-state index contributed by atoms with van der Waals surface area (Å²) in [6.07, 6.45) is 9.61. The Labute approximate surface area is 186 Å². The van der Waals surface area contributed by atoms with Gasteiger partial charge in [0.25, 0.3) is 0 Å². The summed E-state index contributed by atoms with van der Waals surface area (Å²) < 4.78 is 2.00. The number of pyridine rings is 1. The molecule has 0 saturated heterocycles. The molecule has 0 aliphatic rings. The van der Waals surface area contributed by atoms with E-state index in [0.717, 1.165) is 72.3 Å². The van der Waals surface area contributed by atoms with E-state index in [4.69, 9.17) is 10.1 Å². The number of hydrogen-bond acceptors (Lipinski definition) is 7. The van der Waals surface area contributed by atoms with Crippen molar-refractivity contribution in [3.8, 4) is 22.5 Å². The van der Waals surface area contributed by atoms with Crippen LogP contribution >= 0.6 is 0 Å². The fraction of sp³-hybridized carbons (Fsp3) is 0.348. The molecule has 0 aliphatic carbocycles. The van der Waals surface area contributed by atoms with Crippen LogP contribution in [0.25, 0.3) is 22.5 Å². The van der Waals surface area contributed by atoms with E-state index >= 15 is 0 Å². The molecule has 0 saturated carbocycles. The predicted molar refractivity (Wildman–Crippen MR) is 120 cm³/mol. The molecule has 0 fully saturated rings. The van der Waals surface area contributed by atoms with Crippen molar-refractivity contribution in [2.75, 3.05) is 0 Å². The molecule has 0 radical (unpaired) electrons. The summed E-state index contributed by atoms with van der Waals surface area (Å²) in [5.74, 6) is 2.36. The van der Waals surface area contributed by atoms with Crippen LogP contribution in [0.15, 0.2) is 42.7 Å². The van der Waals surface area contributed by atoms with Crippen molar-refractivity contribution in [2.24, 2.45) is 0 Å². The second-order valence-electron chi connectivity index (χ2n) is 7.62. The lowest BCUT2D eigenvalue weighted by Gasteiger charge is -2.09. The molecule has 9 heteroatoms. The minimum atomic E-state index is 0.539. The summed E-state index contributed by atoms with van der Waals surface area (Å²) >= 11 is 0. The third kappa shape index (κ3) is 5.11. The summed E-state index contributed by atoms with van der Waals surface area (Å²) in [6, 6.07) is 10.2. The van der Waals surface area contributed by atoms with Crippen molar-refractivity contribution in [3.05, 3.63) is 59.9 Å². The highest BCUT2D eigenvalue weighted by Gasteiger charge is 2.13. The topological polar surface area (TPSA) is 115 Å².